The molecule has 0 aliphatic carbocycles. The van der Waals surface area contributed by atoms with Crippen molar-refractivity contribution in [3.8, 4) is 0 Å². The van der Waals surface area contributed by atoms with E-state index in [0.717, 1.165) is 0 Å². The summed E-state index contributed by atoms with van der Waals surface area (Å²) in [5.74, 6) is 0.376. The summed E-state index contributed by atoms with van der Waals surface area (Å²) >= 11 is 0. The first-order valence-electron chi connectivity index (χ1n) is 6.85. The van der Waals surface area contributed by atoms with Crippen LogP contribution in [0.5, 0.6) is 0 Å². The molecule has 0 radical (unpaired) electrons. The van der Waals surface area contributed by atoms with Gasteiger partial charge in [0, 0.05) is 19.2 Å². The highest BCUT2D eigenvalue weighted by Crippen LogP contribution is 2.20. The van der Waals surface area contributed by atoms with Crippen molar-refractivity contribution in [2.75, 3.05) is 13.1 Å². The molecular weight excluding hydrogens is 256 g/mol. The van der Waals surface area contributed by atoms with Crippen LogP contribution >= 0.6 is 0 Å². The van der Waals surface area contributed by atoms with Crippen molar-refractivity contribution in [3.05, 3.63) is 39.9 Å². The minimum Gasteiger partial charge on any atom is -0.338 e. The first-order chi connectivity index (χ1) is 9.32. The molecule has 1 rings (SSSR count). The SMILES string of the molecule is CC(C)CN(CC(C)C)C(=O)c1ccccc1[N+](=O)[O-]. The second kappa shape index (κ2) is 7.03. The maximum Gasteiger partial charge on any atom is 0.282 e. The quantitative estimate of drug-likeness (QED) is 0.592. The first-order valence-corrected chi connectivity index (χ1v) is 6.85. The molecule has 0 aliphatic rings. The summed E-state index contributed by atoms with van der Waals surface area (Å²) < 4.78 is 0. The van der Waals surface area contributed by atoms with E-state index in [1.54, 1.807) is 17.0 Å². The van der Waals surface area contributed by atoms with Gasteiger partial charge < -0.3 is 4.90 Å². The van der Waals surface area contributed by atoms with E-state index in [-0.39, 0.29) is 17.2 Å². The van der Waals surface area contributed by atoms with Crippen molar-refractivity contribution in [2.24, 2.45) is 11.8 Å². The number of benzene rings is 1. The van der Waals surface area contributed by atoms with Crippen LogP contribution in [0.25, 0.3) is 0 Å². The van der Waals surface area contributed by atoms with Gasteiger partial charge in [0.1, 0.15) is 5.56 Å². The molecule has 0 atom stereocenters. The molecule has 110 valence electrons. The van der Waals surface area contributed by atoms with Gasteiger partial charge in [-0.1, -0.05) is 39.8 Å². The average Bonchev–Trinajstić information content (AvgIpc) is 2.36. The molecule has 0 fully saturated rings. The van der Waals surface area contributed by atoms with Gasteiger partial charge in [-0.15, -0.1) is 0 Å². The number of para-hydroxylation sites is 1. The number of nitrogens with zero attached hydrogens (tertiary/aromatic N) is 2. The Morgan fingerprint density at radius 3 is 2.10 bits per heavy atom. The number of hydrogen-bond acceptors (Lipinski definition) is 3. The predicted molar refractivity (Wildman–Crippen MR) is 78.7 cm³/mol. The minimum atomic E-state index is -0.504. The van der Waals surface area contributed by atoms with E-state index in [0.29, 0.717) is 24.9 Å². The molecule has 0 spiro atoms. The molecule has 0 unspecified atom stereocenters. The number of amides is 1. The van der Waals surface area contributed by atoms with Crippen LogP contribution in [-0.2, 0) is 0 Å². The van der Waals surface area contributed by atoms with Gasteiger partial charge in [0.2, 0.25) is 0 Å². The molecule has 20 heavy (non-hydrogen) atoms. The van der Waals surface area contributed by atoms with E-state index >= 15 is 0 Å². The summed E-state index contributed by atoms with van der Waals surface area (Å²) in [7, 11) is 0. The summed E-state index contributed by atoms with van der Waals surface area (Å²) in [6, 6.07) is 6.12. The second-order valence-corrected chi connectivity index (χ2v) is 5.77. The van der Waals surface area contributed by atoms with Crippen molar-refractivity contribution in [3.63, 3.8) is 0 Å². The summed E-state index contributed by atoms with van der Waals surface area (Å²) in [6.07, 6.45) is 0. The zero-order valence-corrected chi connectivity index (χ0v) is 12.5. The van der Waals surface area contributed by atoms with Crippen LogP contribution < -0.4 is 0 Å². The van der Waals surface area contributed by atoms with Gasteiger partial charge in [-0.3, -0.25) is 14.9 Å². The predicted octanol–water partition coefficient (Wildman–Crippen LogP) is 3.35. The number of rotatable bonds is 6. The lowest BCUT2D eigenvalue weighted by molar-refractivity contribution is -0.385. The van der Waals surface area contributed by atoms with Gasteiger partial charge in [-0.2, -0.15) is 0 Å². The fourth-order valence-corrected chi connectivity index (χ4v) is 2.11. The Hall–Kier alpha value is -1.91. The third-order valence-electron chi connectivity index (χ3n) is 2.79. The zero-order valence-electron chi connectivity index (χ0n) is 12.5. The van der Waals surface area contributed by atoms with Gasteiger partial charge in [-0.25, -0.2) is 0 Å². The molecule has 0 saturated carbocycles. The topological polar surface area (TPSA) is 63.5 Å². The van der Waals surface area contributed by atoms with E-state index in [9.17, 15) is 14.9 Å². The molecule has 0 N–H and O–H groups in total. The summed E-state index contributed by atoms with van der Waals surface area (Å²) in [6.45, 7) is 9.31. The van der Waals surface area contributed by atoms with E-state index in [2.05, 4.69) is 0 Å². The van der Waals surface area contributed by atoms with Crippen LogP contribution in [0.2, 0.25) is 0 Å². The molecule has 0 saturated heterocycles. The molecule has 0 aromatic heterocycles. The van der Waals surface area contributed by atoms with Crippen molar-refractivity contribution < 1.29 is 9.72 Å². The van der Waals surface area contributed by atoms with Gasteiger partial charge in [0.05, 0.1) is 4.92 Å². The second-order valence-electron chi connectivity index (χ2n) is 5.77. The number of carbonyl (C=O) groups is 1. The summed E-state index contributed by atoms with van der Waals surface area (Å²) in [5, 5.41) is 11.0. The highest BCUT2D eigenvalue weighted by molar-refractivity contribution is 5.98. The highest BCUT2D eigenvalue weighted by Gasteiger charge is 2.24. The summed E-state index contributed by atoms with van der Waals surface area (Å²) in [4.78, 5) is 24.8. The molecule has 1 aromatic carbocycles. The smallest absolute Gasteiger partial charge is 0.282 e. The van der Waals surface area contributed by atoms with E-state index in [1.165, 1.54) is 12.1 Å². The normalized spacial score (nSPS) is 10.9. The van der Waals surface area contributed by atoms with E-state index in [1.807, 2.05) is 27.7 Å². The third kappa shape index (κ3) is 4.33. The van der Waals surface area contributed by atoms with Crippen molar-refractivity contribution in [1.29, 1.82) is 0 Å². The minimum absolute atomic E-state index is 0.130. The highest BCUT2D eigenvalue weighted by atomic mass is 16.6. The Morgan fingerprint density at radius 2 is 1.65 bits per heavy atom. The Bertz CT molecular complexity index is 474. The number of nitro benzene ring substituents is 1. The monoisotopic (exact) mass is 278 g/mol. The lowest BCUT2D eigenvalue weighted by atomic mass is 10.1. The number of hydrogen-bond donors (Lipinski definition) is 0. The Morgan fingerprint density at radius 1 is 1.15 bits per heavy atom. The van der Waals surface area contributed by atoms with E-state index in [4.69, 9.17) is 0 Å². The molecule has 0 aliphatic heterocycles. The Kier molecular flexibility index (Phi) is 5.67. The van der Waals surface area contributed by atoms with E-state index < -0.39 is 4.92 Å². The van der Waals surface area contributed by atoms with Crippen LogP contribution in [0, 0.1) is 22.0 Å². The van der Waals surface area contributed by atoms with Crippen LogP contribution in [0.4, 0.5) is 5.69 Å². The maximum atomic E-state index is 12.6. The van der Waals surface area contributed by atoms with Crippen LogP contribution in [-0.4, -0.2) is 28.8 Å². The van der Waals surface area contributed by atoms with Crippen molar-refractivity contribution in [2.45, 2.75) is 27.7 Å². The fourth-order valence-electron chi connectivity index (χ4n) is 2.11. The van der Waals surface area contributed by atoms with Crippen LogP contribution in [0.15, 0.2) is 24.3 Å². The molecule has 0 heterocycles. The van der Waals surface area contributed by atoms with Gasteiger partial charge in [0.25, 0.3) is 11.6 Å². The molecule has 5 heteroatoms. The van der Waals surface area contributed by atoms with Crippen molar-refractivity contribution in [1.82, 2.24) is 4.90 Å². The maximum absolute atomic E-state index is 12.6. The molecule has 1 aromatic rings. The fraction of sp³-hybridized carbons (Fsp3) is 0.533. The lowest BCUT2D eigenvalue weighted by Gasteiger charge is -2.26. The van der Waals surface area contributed by atoms with Gasteiger partial charge in [0.15, 0.2) is 0 Å². The number of carbonyl (C=O) groups excluding carboxylic acids is 1. The standard InChI is InChI=1S/C15H22N2O3/c1-11(2)9-16(10-12(3)4)15(18)13-7-5-6-8-14(13)17(19)20/h5-8,11-12H,9-10H2,1-4H3. The van der Waals surface area contributed by atoms with Crippen LogP contribution in [0.1, 0.15) is 38.1 Å². The molecule has 0 bridgehead atoms. The van der Waals surface area contributed by atoms with Gasteiger partial charge in [-0.05, 0) is 17.9 Å². The first kappa shape index (κ1) is 16.1. The van der Waals surface area contributed by atoms with Gasteiger partial charge >= 0.3 is 0 Å². The molecule has 1 amide bonds. The average molecular weight is 278 g/mol. The Balaban J connectivity index is 3.08. The molecule has 5 nitrogen and oxygen atoms in total. The lowest BCUT2D eigenvalue weighted by Crippen LogP contribution is -2.37. The molecular formula is C15H22N2O3. The summed E-state index contributed by atoms with van der Waals surface area (Å²) in [5.41, 5.74) is 0.0359. The van der Waals surface area contributed by atoms with Crippen molar-refractivity contribution >= 4 is 11.6 Å². The van der Waals surface area contributed by atoms with Crippen LogP contribution in [0.3, 0.4) is 0 Å². The third-order valence-corrected chi connectivity index (χ3v) is 2.79. The largest absolute Gasteiger partial charge is 0.338 e. The number of nitro groups is 1. The Labute approximate surface area is 119 Å². The zero-order chi connectivity index (χ0) is 15.3.